The highest BCUT2D eigenvalue weighted by atomic mass is 19.1. The number of nitriles is 1. The predicted molar refractivity (Wildman–Crippen MR) is 89.4 cm³/mol. The smallest absolute Gasteiger partial charge is 0.279 e. The van der Waals surface area contributed by atoms with E-state index in [9.17, 15) is 14.0 Å². The van der Waals surface area contributed by atoms with E-state index in [0.717, 1.165) is 0 Å². The third kappa shape index (κ3) is 5.21. The molecular weight excluding hydrogens is 341 g/mol. The van der Waals surface area contributed by atoms with Crippen molar-refractivity contribution in [2.75, 3.05) is 6.61 Å². The third-order valence-electron chi connectivity index (χ3n) is 3.20. The minimum absolute atomic E-state index is 0.0714. The Bertz CT molecular complexity index is 835. The molecule has 0 heterocycles. The van der Waals surface area contributed by atoms with Gasteiger partial charge in [0.05, 0.1) is 5.56 Å². The zero-order valence-corrected chi connectivity index (χ0v) is 13.9. The second-order valence-corrected chi connectivity index (χ2v) is 5.12. The van der Waals surface area contributed by atoms with Crippen LogP contribution in [0.1, 0.15) is 12.5 Å². The first-order chi connectivity index (χ1) is 12.5. The summed E-state index contributed by atoms with van der Waals surface area (Å²) in [5, 5.41) is 8.93. The minimum Gasteiger partial charge on any atom is -0.482 e. The van der Waals surface area contributed by atoms with Crippen LogP contribution in [0.5, 0.6) is 11.5 Å². The van der Waals surface area contributed by atoms with Gasteiger partial charge in [0, 0.05) is 0 Å². The Hall–Kier alpha value is -3.60. The Morgan fingerprint density at radius 3 is 2.46 bits per heavy atom. The van der Waals surface area contributed by atoms with E-state index >= 15 is 0 Å². The maximum absolute atomic E-state index is 13.5. The fourth-order valence-corrected chi connectivity index (χ4v) is 1.88. The molecule has 2 aromatic rings. The zero-order chi connectivity index (χ0) is 18.9. The van der Waals surface area contributed by atoms with Crippen molar-refractivity contribution >= 4 is 11.8 Å². The van der Waals surface area contributed by atoms with Crippen molar-refractivity contribution in [1.82, 2.24) is 10.9 Å². The Balaban J connectivity index is 1.78. The molecule has 0 radical (unpaired) electrons. The lowest BCUT2D eigenvalue weighted by Gasteiger charge is -2.15. The average Bonchev–Trinajstić information content (AvgIpc) is 2.66. The lowest BCUT2D eigenvalue weighted by molar-refractivity contribution is -0.133. The fourth-order valence-electron chi connectivity index (χ4n) is 1.88. The maximum atomic E-state index is 13.5. The van der Waals surface area contributed by atoms with Gasteiger partial charge in [0.2, 0.25) is 0 Å². The summed E-state index contributed by atoms with van der Waals surface area (Å²) in [5.41, 5.74) is 4.60. The number of hydrogen-bond acceptors (Lipinski definition) is 5. The summed E-state index contributed by atoms with van der Waals surface area (Å²) in [6.45, 7) is 1.01. The van der Waals surface area contributed by atoms with Crippen LogP contribution in [0, 0.1) is 17.1 Å². The highest BCUT2D eigenvalue weighted by molar-refractivity contribution is 5.85. The first kappa shape index (κ1) is 18.7. The van der Waals surface area contributed by atoms with Crippen molar-refractivity contribution in [3.05, 3.63) is 59.9 Å². The van der Waals surface area contributed by atoms with Crippen molar-refractivity contribution in [2.24, 2.45) is 0 Å². The van der Waals surface area contributed by atoms with Crippen LogP contribution in [0.2, 0.25) is 0 Å². The Labute approximate surface area is 149 Å². The lowest BCUT2D eigenvalue weighted by atomic mass is 10.2. The van der Waals surface area contributed by atoms with Crippen molar-refractivity contribution in [3.8, 4) is 17.6 Å². The second kappa shape index (κ2) is 9.03. The number of halogens is 1. The van der Waals surface area contributed by atoms with Gasteiger partial charge in [0.1, 0.15) is 11.8 Å². The molecule has 0 saturated heterocycles. The largest absolute Gasteiger partial charge is 0.482 e. The average molecular weight is 357 g/mol. The molecule has 1 atom stereocenters. The van der Waals surface area contributed by atoms with Gasteiger partial charge in [-0.3, -0.25) is 20.4 Å². The van der Waals surface area contributed by atoms with Crippen molar-refractivity contribution < 1.29 is 23.5 Å². The Morgan fingerprint density at radius 2 is 1.77 bits per heavy atom. The number of para-hydroxylation sites is 2. The molecule has 2 amide bonds. The Morgan fingerprint density at radius 1 is 1.12 bits per heavy atom. The first-order valence-electron chi connectivity index (χ1n) is 7.63. The quantitative estimate of drug-likeness (QED) is 0.767. The van der Waals surface area contributed by atoms with Crippen LogP contribution < -0.4 is 20.3 Å². The molecule has 2 aromatic carbocycles. The van der Waals surface area contributed by atoms with Crippen molar-refractivity contribution in [1.29, 1.82) is 5.26 Å². The first-order valence-corrected chi connectivity index (χ1v) is 7.63. The number of nitrogens with zero attached hydrogens (tertiary/aromatic N) is 1. The summed E-state index contributed by atoms with van der Waals surface area (Å²) in [5.74, 6) is -1.71. The SMILES string of the molecule is C[C@@H](Oc1ccccc1F)C(=O)NNC(=O)COc1ccccc1C#N. The predicted octanol–water partition coefficient (Wildman–Crippen LogP) is 1.69. The highest BCUT2D eigenvalue weighted by Crippen LogP contribution is 2.17. The molecule has 134 valence electrons. The van der Waals surface area contributed by atoms with E-state index in [1.807, 2.05) is 6.07 Å². The van der Waals surface area contributed by atoms with Gasteiger partial charge in [0.25, 0.3) is 11.8 Å². The van der Waals surface area contributed by atoms with Gasteiger partial charge in [-0.25, -0.2) is 4.39 Å². The lowest BCUT2D eigenvalue weighted by Crippen LogP contribution is -2.48. The fraction of sp³-hybridized carbons (Fsp3) is 0.167. The monoisotopic (exact) mass is 357 g/mol. The summed E-state index contributed by atoms with van der Waals surface area (Å²) in [4.78, 5) is 23.6. The van der Waals surface area contributed by atoms with Crippen LogP contribution in [0.25, 0.3) is 0 Å². The molecule has 0 spiro atoms. The molecule has 0 aliphatic carbocycles. The van der Waals surface area contributed by atoms with Gasteiger partial charge in [-0.1, -0.05) is 24.3 Å². The standard InChI is InChI=1S/C18H16FN3O4/c1-12(26-16-9-5-3-7-14(16)19)18(24)22-21-17(23)11-25-15-8-4-2-6-13(15)10-20/h2-9,12H,11H2,1H3,(H,21,23)(H,22,24)/t12-/m1/s1. The summed E-state index contributed by atoms with van der Waals surface area (Å²) in [6, 6.07) is 14.0. The van der Waals surface area contributed by atoms with Crippen LogP contribution in [-0.4, -0.2) is 24.5 Å². The molecule has 0 unspecified atom stereocenters. The summed E-state index contributed by atoms with van der Waals surface area (Å²) in [7, 11) is 0. The zero-order valence-electron chi connectivity index (χ0n) is 13.9. The van der Waals surface area contributed by atoms with Gasteiger partial charge in [-0.2, -0.15) is 5.26 Å². The normalized spacial score (nSPS) is 11.0. The van der Waals surface area contributed by atoms with Crippen LogP contribution in [0.3, 0.4) is 0 Å². The maximum Gasteiger partial charge on any atom is 0.279 e. The van der Waals surface area contributed by atoms with Gasteiger partial charge in [-0.15, -0.1) is 0 Å². The van der Waals surface area contributed by atoms with E-state index in [-0.39, 0.29) is 17.1 Å². The molecule has 26 heavy (non-hydrogen) atoms. The van der Waals surface area contributed by atoms with E-state index in [2.05, 4.69) is 10.9 Å². The van der Waals surface area contributed by atoms with Crippen LogP contribution >= 0.6 is 0 Å². The van der Waals surface area contributed by atoms with E-state index < -0.39 is 30.3 Å². The molecule has 0 aliphatic heterocycles. The molecule has 7 nitrogen and oxygen atoms in total. The number of hydrogen-bond donors (Lipinski definition) is 2. The van der Waals surface area contributed by atoms with Gasteiger partial charge < -0.3 is 9.47 Å². The molecule has 8 heteroatoms. The molecule has 2 N–H and O–H groups in total. The van der Waals surface area contributed by atoms with E-state index in [4.69, 9.17) is 14.7 Å². The number of amides is 2. The number of benzene rings is 2. The van der Waals surface area contributed by atoms with Crippen LogP contribution in [-0.2, 0) is 9.59 Å². The molecule has 0 aromatic heterocycles. The summed E-state index contributed by atoms with van der Waals surface area (Å²) in [6.07, 6.45) is -1.03. The number of rotatable bonds is 6. The minimum atomic E-state index is -1.03. The molecular formula is C18H16FN3O4. The van der Waals surface area contributed by atoms with Gasteiger partial charge in [0.15, 0.2) is 24.3 Å². The molecule has 2 rings (SSSR count). The van der Waals surface area contributed by atoms with Crippen molar-refractivity contribution in [2.45, 2.75) is 13.0 Å². The van der Waals surface area contributed by atoms with Crippen LogP contribution in [0.4, 0.5) is 4.39 Å². The topological polar surface area (TPSA) is 100 Å². The number of carbonyl (C=O) groups excluding carboxylic acids is 2. The third-order valence-corrected chi connectivity index (χ3v) is 3.20. The van der Waals surface area contributed by atoms with Crippen LogP contribution in [0.15, 0.2) is 48.5 Å². The van der Waals surface area contributed by atoms with Gasteiger partial charge in [-0.05, 0) is 31.2 Å². The number of ether oxygens (including phenoxy) is 2. The van der Waals surface area contributed by atoms with E-state index in [0.29, 0.717) is 0 Å². The number of carbonyl (C=O) groups is 2. The summed E-state index contributed by atoms with van der Waals surface area (Å²) < 4.78 is 23.9. The molecule has 0 saturated carbocycles. The Kier molecular flexibility index (Phi) is 6.51. The van der Waals surface area contributed by atoms with Crippen molar-refractivity contribution in [3.63, 3.8) is 0 Å². The number of hydrazine groups is 1. The second-order valence-electron chi connectivity index (χ2n) is 5.12. The van der Waals surface area contributed by atoms with E-state index in [1.165, 1.54) is 25.1 Å². The molecule has 0 aliphatic rings. The van der Waals surface area contributed by atoms with Gasteiger partial charge >= 0.3 is 0 Å². The highest BCUT2D eigenvalue weighted by Gasteiger charge is 2.17. The number of nitrogens with one attached hydrogen (secondary N) is 2. The van der Waals surface area contributed by atoms with E-state index in [1.54, 1.807) is 30.3 Å². The molecule has 0 bridgehead atoms. The summed E-state index contributed by atoms with van der Waals surface area (Å²) >= 11 is 0. The molecule has 0 fully saturated rings.